The molecule has 0 atom stereocenters. The Morgan fingerprint density at radius 2 is 1.95 bits per heavy atom. The van der Waals surface area contributed by atoms with Crippen LogP contribution in [-0.2, 0) is 11.3 Å². The molecule has 22 heavy (non-hydrogen) atoms. The lowest BCUT2D eigenvalue weighted by Crippen LogP contribution is -2.11. The van der Waals surface area contributed by atoms with Crippen molar-refractivity contribution in [2.45, 2.75) is 6.61 Å². The van der Waals surface area contributed by atoms with Gasteiger partial charge in [-0.25, -0.2) is 0 Å². The number of hydrogen-bond acceptors (Lipinski definition) is 5. The van der Waals surface area contributed by atoms with E-state index in [-0.39, 0.29) is 24.1 Å². The molecule has 0 fully saturated rings. The Morgan fingerprint density at radius 1 is 1.23 bits per heavy atom. The second-order valence-electron chi connectivity index (χ2n) is 4.31. The molecule has 2 aromatic rings. The van der Waals surface area contributed by atoms with Gasteiger partial charge < -0.3 is 24.9 Å². The highest BCUT2D eigenvalue weighted by molar-refractivity contribution is 6.02. The third-order valence-electron chi connectivity index (χ3n) is 2.67. The highest BCUT2D eigenvalue weighted by atomic mass is 35.5. The van der Waals surface area contributed by atoms with Crippen LogP contribution in [0.5, 0.6) is 5.75 Å². The van der Waals surface area contributed by atoms with Crippen LogP contribution in [0.25, 0.3) is 0 Å². The molecule has 0 bridgehead atoms. The van der Waals surface area contributed by atoms with Crippen molar-refractivity contribution in [2.75, 3.05) is 25.6 Å². The molecule has 6 nitrogen and oxygen atoms in total. The monoisotopic (exact) mass is 326 g/mol. The average molecular weight is 327 g/mol. The first kappa shape index (κ1) is 18.0. The van der Waals surface area contributed by atoms with Crippen LogP contribution in [0.2, 0.25) is 0 Å². The summed E-state index contributed by atoms with van der Waals surface area (Å²) in [7, 11) is 1.57. The molecule has 0 aliphatic carbocycles. The summed E-state index contributed by atoms with van der Waals surface area (Å²) in [5.74, 6) is 1.24. The Bertz CT molecular complexity index is 583. The molecule has 7 heteroatoms. The number of amides is 1. The molecule has 3 N–H and O–H groups in total. The Hall–Kier alpha value is -2.02. The molecule has 1 aromatic heterocycles. The molecule has 0 saturated carbocycles. The van der Waals surface area contributed by atoms with Crippen molar-refractivity contribution in [3.63, 3.8) is 0 Å². The van der Waals surface area contributed by atoms with Gasteiger partial charge in [-0.15, -0.1) is 12.4 Å². The number of halogens is 1. The summed E-state index contributed by atoms with van der Waals surface area (Å²) in [5.41, 5.74) is 6.02. The number of nitrogens with two attached hydrogens (primary N) is 1. The predicted octanol–water partition coefficient (Wildman–Crippen LogP) is 2.44. The first-order chi connectivity index (χ1) is 10.2. The summed E-state index contributed by atoms with van der Waals surface area (Å²) in [6.07, 6.45) is 0. The van der Waals surface area contributed by atoms with Crippen LogP contribution in [0.4, 0.5) is 5.69 Å². The Morgan fingerprint density at radius 3 is 2.59 bits per heavy atom. The van der Waals surface area contributed by atoms with Crippen LogP contribution >= 0.6 is 12.4 Å². The second-order valence-corrected chi connectivity index (χ2v) is 4.31. The summed E-state index contributed by atoms with van der Waals surface area (Å²) in [5, 5.41) is 2.74. The first-order valence-corrected chi connectivity index (χ1v) is 6.55. The van der Waals surface area contributed by atoms with Gasteiger partial charge in [-0.1, -0.05) is 0 Å². The van der Waals surface area contributed by atoms with E-state index in [2.05, 4.69) is 5.32 Å². The zero-order chi connectivity index (χ0) is 15.1. The number of carbonyl (C=O) groups is 1. The SMILES string of the molecule is COCc1ccc(C(=O)Nc2ccc(OCCN)cc2)o1.Cl. The molecule has 1 heterocycles. The minimum atomic E-state index is -0.312. The lowest BCUT2D eigenvalue weighted by atomic mass is 10.3. The normalized spacial score (nSPS) is 9.91. The molecule has 0 saturated heterocycles. The Balaban J connectivity index is 0.00000242. The van der Waals surface area contributed by atoms with Crippen molar-refractivity contribution < 1.29 is 18.7 Å². The van der Waals surface area contributed by atoms with Crippen LogP contribution < -0.4 is 15.8 Å². The maximum atomic E-state index is 12.0. The maximum absolute atomic E-state index is 12.0. The summed E-state index contributed by atoms with van der Waals surface area (Å²) in [6.45, 7) is 1.25. The molecule has 1 aromatic carbocycles. The summed E-state index contributed by atoms with van der Waals surface area (Å²) >= 11 is 0. The van der Waals surface area contributed by atoms with Crippen molar-refractivity contribution in [2.24, 2.45) is 5.73 Å². The number of hydrogen-bond donors (Lipinski definition) is 2. The standard InChI is InChI=1S/C15H18N2O4.ClH/c1-19-10-13-6-7-14(21-13)15(18)17-11-2-4-12(5-3-11)20-9-8-16;/h2-7H,8-10,16H2,1H3,(H,17,18);1H. The fourth-order valence-corrected chi connectivity index (χ4v) is 1.72. The fraction of sp³-hybridized carbons (Fsp3) is 0.267. The van der Waals surface area contributed by atoms with Crippen LogP contribution in [-0.4, -0.2) is 26.2 Å². The third-order valence-corrected chi connectivity index (χ3v) is 2.67. The molecular weight excluding hydrogens is 308 g/mol. The molecule has 0 aliphatic heterocycles. The molecule has 0 spiro atoms. The number of methoxy groups -OCH3 is 1. The zero-order valence-corrected chi connectivity index (χ0v) is 13.0. The van der Waals surface area contributed by atoms with Gasteiger partial charge in [-0.3, -0.25) is 4.79 Å². The molecular formula is C15H19ClN2O4. The number of furan rings is 1. The van der Waals surface area contributed by atoms with E-state index in [1.54, 1.807) is 43.5 Å². The smallest absolute Gasteiger partial charge is 0.291 e. The van der Waals surface area contributed by atoms with E-state index < -0.39 is 0 Å². The van der Waals surface area contributed by atoms with E-state index in [4.69, 9.17) is 19.6 Å². The average Bonchev–Trinajstić information content (AvgIpc) is 2.96. The summed E-state index contributed by atoms with van der Waals surface area (Å²) in [4.78, 5) is 12.0. The Labute approximate surface area is 135 Å². The van der Waals surface area contributed by atoms with Gasteiger partial charge >= 0.3 is 0 Å². The van der Waals surface area contributed by atoms with Crippen LogP contribution in [0.3, 0.4) is 0 Å². The van der Waals surface area contributed by atoms with Crippen molar-refractivity contribution in [1.29, 1.82) is 0 Å². The van der Waals surface area contributed by atoms with Crippen molar-refractivity contribution in [3.8, 4) is 5.75 Å². The minimum absolute atomic E-state index is 0. The molecule has 0 radical (unpaired) electrons. The van der Waals surface area contributed by atoms with Gasteiger partial charge in [-0.05, 0) is 36.4 Å². The zero-order valence-electron chi connectivity index (χ0n) is 12.2. The molecule has 120 valence electrons. The third kappa shape index (κ3) is 5.07. The van der Waals surface area contributed by atoms with Gasteiger partial charge in [0.05, 0.1) is 0 Å². The van der Waals surface area contributed by atoms with E-state index in [1.807, 2.05) is 0 Å². The summed E-state index contributed by atoms with van der Waals surface area (Å²) in [6, 6.07) is 10.4. The number of ether oxygens (including phenoxy) is 2. The van der Waals surface area contributed by atoms with Crippen molar-refractivity contribution >= 4 is 24.0 Å². The fourth-order valence-electron chi connectivity index (χ4n) is 1.72. The second kappa shape index (κ2) is 9.09. The maximum Gasteiger partial charge on any atom is 0.291 e. The van der Waals surface area contributed by atoms with Crippen LogP contribution in [0, 0.1) is 0 Å². The quantitative estimate of drug-likeness (QED) is 0.816. The van der Waals surface area contributed by atoms with E-state index >= 15 is 0 Å². The van der Waals surface area contributed by atoms with Gasteiger partial charge in [0.15, 0.2) is 5.76 Å². The van der Waals surface area contributed by atoms with E-state index in [0.29, 0.717) is 37.0 Å². The van der Waals surface area contributed by atoms with Gasteiger partial charge in [0.25, 0.3) is 5.91 Å². The number of rotatable bonds is 7. The number of carbonyl (C=O) groups excluding carboxylic acids is 1. The van der Waals surface area contributed by atoms with Crippen LogP contribution in [0.1, 0.15) is 16.3 Å². The lowest BCUT2D eigenvalue weighted by molar-refractivity contribution is 0.0987. The first-order valence-electron chi connectivity index (χ1n) is 6.55. The van der Waals surface area contributed by atoms with Crippen LogP contribution in [0.15, 0.2) is 40.8 Å². The lowest BCUT2D eigenvalue weighted by Gasteiger charge is -2.06. The topological polar surface area (TPSA) is 86.7 Å². The number of benzene rings is 1. The van der Waals surface area contributed by atoms with E-state index in [9.17, 15) is 4.79 Å². The van der Waals surface area contributed by atoms with Gasteiger partial charge in [0.2, 0.25) is 0 Å². The molecule has 0 aliphatic rings. The van der Waals surface area contributed by atoms with E-state index in [0.717, 1.165) is 0 Å². The van der Waals surface area contributed by atoms with Gasteiger partial charge in [-0.2, -0.15) is 0 Å². The highest BCUT2D eigenvalue weighted by Gasteiger charge is 2.11. The Kier molecular flexibility index (Phi) is 7.45. The van der Waals surface area contributed by atoms with Gasteiger partial charge in [0.1, 0.15) is 24.7 Å². The molecule has 0 unspecified atom stereocenters. The predicted molar refractivity (Wildman–Crippen MR) is 85.6 cm³/mol. The van der Waals surface area contributed by atoms with E-state index in [1.165, 1.54) is 0 Å². The molecule has 1 amide bonds. The van der Waals surface area contributed by atoms with Gasteiger partial charge in [0, 0.05) is 19.3 Å². The largest absolute Gasteiger partial charge is 0.492 e. The summed E-state index contributed by atoms with van der Waals surface area (Å²) < 4.78 is 15.7. The number of nitrogens with one attached hydrogen (secondary N) is 1. The highest BCUT2D eigenvalue weighted by Crippen LogP contribution is 2.17. The minimum Gasteiger partial charge on any atom is -0.492 e. The number of anilines is 1. The van der Waals surface area contributed by atoms with Crippen molar-refractivity contribution in [3.05, 3.63) is 47.9 Å². The van der Waals surface area contributed by atoms with Crippen molar-refractivity contribution in [1.82, 2.24) is 0 Å². The molecule has 2 rings (SSSR count).